The molecule has 140 valence electrons. The number of carbonyl (C=O) groups is 1. The fourth-order valence-electron chi connectivity index (χ4n) is 3.36. The van der Waals surface area contributed by atoms with E-state index >= 15 is 0 Å². The third kappa shape index (κ3) is 3.08. The van der Waals surface area contributed by atoms with Gasteiger partial charge in [-0.1, -0.05) is 12.1 Å². The highest BCUT2D eigenvalue weighted by atomic mass is 16.5. The monoisotopic (exact) mass is 366 g/mol. The van der Waals surface area contributed by atoms with Gasteiger partial charge < -0.3 is 9.64 Å². The molecule has 27 heavy (non-hydrogen) atoms. The number of hydrogen-bond acceptors (Lipinski definition) is 5. The Morgan fingerprint density at radius 2 is 2.07 bits per heavy atom. The molecule has 3 heterocycles. The van der Waals surface area contributed by atoms with E-state index in [1.165, 1.54) is 4.90 Å². The Labute approximate surface area is 157 Å². The van der Waals surface area contributed by atoms with Gasteiger partial charge in [0.15, 0.2) is 11.5 Å². The number of likely N-dealkylation sites (N-methyl/N-ethyl adjacent to an activating group) is 1. The second-order valence-corrected chi connectivity index (χ2v) is 6.72. The molecule has 0 spiro atoms. The summed E-state index contributed by atoms with van der Waals surface area (Å²) in [5, 5.41) is 14.6. The summed E-state index contributed by atoms with van der Waals surface area (Å²) in [7, 11) is 5.38. The summed E-state index contributed by atoms with van der Waals surface area (Å²) in [4.78, 5) is 16.7. The highest BCUT2D eigenvalue weighted by Gasteiger charge is 2.27. The minimum atomic E-state index is -0.180. The first kappa shape index (κ1) is 17.3. The Bertz CT molecular complexity index is 976. The van der Waals surface area contributed by atoms with E-state index in [0.717, 1.165) is 41.2 Å². The number of aromatic nitrogens is 4. The first-order valence-electron chi connectivity index (χ1n) is 8.80. The molecule has 4 rings (SSSR count). The topological polar surface area (TPSA) is 90.1 Å². The number of amides is 1. The standard InChI is InChI=1S/C19H22N6O2/c1-24-9-8-14-13(11-24)18(23-20-14)19(26)25(2)17-10-15(21-22-17)12-6-4-5-7-16(12)27-3/h4-7,10H,8-9,11H2,1-3H3,(H,20,23)(H,21,22). The van der Waals surface area contributed by atoms with Crippen LogP contribution in [-0.2, 0) is 13.0 Å². The molecule has 3 aromatic rings. The molecular formula is C19H22N6O2. The summed E-state index contributed by atoms with van der Waals surface area (Å²) in [6.45, 7) is 1.67. The summed E-state index contributed by atoms with van der Waals surface area (Å²) >= 11 is 0. The van der Waals surface area contributed by atoms with Crippen molar-refractivity contribution in [1.82, 2.24) is 25.3 Å². The van der Waals surface area contributed by atoms with Gasteiger partial charge in [0.1, 0.15) is 5.75 Å². The molecule has 0 bridgehead atoms. The number of hydrogen-bond donors (Lipinski definition) is 2. The molecular weight excluding hydrogens is 344 g/mol. The van der Waals surface area contributed by atoms with Crippen LogP contribution in [0.1, 0.15) is 21.7 Å². The average molecular weight is 366 g/mol. The van der Waals surface area contributed by atoms with Crippen molar-refractivity contribution in [3.05, 3.63) is 47.3 Å². The summed E-state index contributed by atoms with van der Waals surface area (Å²) in [5.41, 5.74) is 4.15. The van der Waals surface area contributed by atoms with Crippen molar-refractivity contribution in [1.29, 1.82) is 0 Å². The number of anilines is 1. The maximum Gasteiger partial charge on any atom is 0.280 e. The van der Waals surface area contributed by atoms with Crippen molar-refractivity contribution in [2.24, 2.45) is 0 Å². The fraction of sp³-hybridized carbons (Fsp3) is 0.316. The van der Waals surface area contributed by atoms with Gasteiger partial charge >= 0.3 is 0 Å². The maximum absolute atomic E-state index is 13.0. The number of benzene rings is 1. The van der Waals surface area contributed by atoms with Crippen LogP contribution in [-0.4, -0.2) is 59.0 Å². The molecule has 2 N–H and O–H groups in total. The fourth-order valence-corrected chi connectivity index (χ4v) is 3.36. The zero-order valence-corrected chi connectivity index (χ0v) is 15.6. The van der Waals surface area contributed by atoms with Gasteiger partial charge in [-0.15, -0.1) is 0 Å². The predicted octanol–water partition coefficient (Wildman–Crippen LogP) is 2.07. The van der Waals surface area contributed by atoms with Gasteiger partial charge in [0.05, 0.1) is 12.8 Å². The molecule has 8 heteroatoms. The maximum atomic E-state index is 13.0. The van der Waals surface area contributed by atoms with Gasteiger partial charge in [0.2, 0.25) is 0 Å². The van der Waals surface area contributed by atoms with Crippen molar-refractivity contribution in [2.45, 2.75) is 13.0 Å². The van der Waals surface area contributed by atoms with Crippen LogP contribution in [0.4, 0.5) is 5.82 Å². The number of para-hydroxylation sites is 1. The minimum absolute atomic E-state index is 0.180. The zero-order valence-electron chi connectivity index (χ0n) is 15.6. The summed E-state index contributed by atoms with van der Waals surface area (Å²) in [6, 6.07) is 9.50. The van der Waals surface area contributed by atoms with Crippen LogP contribution in [0.15, 0.2) is 30.3 Å². The molecule has 8 nitrogen and oxygen atoms in total. The van der Waals surface area contributed by atoms with Crippen LogP contribution in [0.2, 0.25) is 0 Å². The van der Waals surface area contributed by atoms with Gasteiger partial charge in [-0.05, 0) is 19.2 Å². The van der Waals surface area contributed by atoms with Crippen LogP contribution in [0, 0.1) is 0 Å². The number of H-pyrrole nitrogens is 2. The Morgan fingerprint density at radius 3 is 2.89 bits per heavy atom. The molecule has 0 fully saturated rings. The molecule has 0 atom stereocenters. The number of aromatic amines is 2. The van der Waals surface area contributed by atoms with Gasteiger partial charge in [-0.25, -0.2) is 0 Å². The first-order chi connectivity index (χ1) is 13.1. The van der Waals surface area contributed by atoms with E-state index in [1.807, 2.05) is 37.4 Å². The lowest BCUT2D eigenvalue weighted by atomic mass is 10.1. The van der Waals surface area contributed by atoms with Crippen LogP contribution in [0.3, 0.4) is 0 Å². The molecule has 0 unspecified atom stereocenters. The highest BCUT2D eigenvalue weighted by Crippen LogP contribution is 2.30. The lowest BCUT2D eigenvalue weighted by Crippen LogP contribution is -2.31. The van der Waals surface area contributed by atoms with Crippen LogP contribution in [0.5, 0.6) is 5.75 Å². The van der Waals surface area contributed by atoms with Crippen molar-refractivity contribution >= 4 is 11.7 Å². The number of rotatable bonds is 4. The highest BCUT2D eigenvalue weighted by molar-refractivity contribution is 6.05. The number of nitrogens with zero attached hydrogens (tertiary/aromatic N) is 4. The second-order valence-electron chi connectivity index (χ2n) is 6.72. The number of fused-ring (bicyclic) bond motifs is 1. The van der Waals surface area contributed by atoms with E-state index in [4.69, 9.17) is 4.74 Å². The molecule has 0 saturated carbocycles. The van der Waals surface area contributed by atoms with Gasteiger partial charge in [-0.2, -0.15) is 10.2 Å². The second kappa shape index (κ2) is 6.88. The molecule has 0 saturated heterocycles. The van der Waals surface area contributed by atoms with E-state index < -0.39 is 0 Å². The van der Waals surface area contributed by atoms with Crippen LogP contribution < -0.4 is 9.64 Å². The van der Waals surface area contributed by atoms with Crippen molar-refractivity contribution in [2.75, 3.05) is 32.6 Å². The number of nitrogens with one attached hydrogen (secondary N) is 2. The number of ether oxygens (including phenoxy) is 1. The van der Waals surface area contributed by atoms with E-state index in [-0.39, 0.29) is 5.91 Å². The van der Waals surface area contributed by atoms with Gasteiger partial charge in [-0.3, -0.25) is 19.9 Å². The molecule has 0 radical (unpaired) electrons. The Morgan fingerprint density at radius 1 is 1.26 bits per heavy atom. The van der Waals surface area contributed by atoms with E-state index in [1.54, 1.807) is 14.2 Å². The number of methoxy groups -OCH3 is 1. The lowest BCUT2D eigenvalue weighted by Gasteiger charge is -2.22. The van der Waals surface area contributed by atoms with Crippen LogP contribution >= 0.6 is 0 Å². The van der Waals surface area contributed by atoms with Gasteiger partial charge in [0.25, 0.3) is 5.91 Å². The summed E-state index contributed by atoms with van der Waals surface area (Å²) in [6.07, 6.45) is 0.871. The number of carbonyl (C=O) groups excluding carboxylic acids is 1. The lowest BCUT2D eigenvalue weighted by molar-refractivity contribution is 0.0985. The molecule has 1 amide bonds. The van der Waals surface area contributed by atoms with Crippen molar-refractivity contribution < 1.29 is 9.53 Å². The molecule has 0 aliphatic carbocycles. The quantitative estimate of drug-likeness (QED) is 0.738. The molecule has 1 aliphatic rings. The van der Waals surface area contributed by atoms with E-state index in [0.29, 0.717) is 18.1 Å². The van der Waals surface area contributed by atoms with Crippen LogP contribution in [0.25, 0.3) is 11.3 Å². The summed E-state index contributed by atoms with van der Waals surface area (Å²) < 4.78 is 5.40. The first-order valence-corrected chi connectivity index (χ1v) is 8.80. The zero-order chi connectivity index (χ0) is 19.0. The average Bonchev–Trinajstić information content (AvgIpc) is 3.33. The normalized spacial score (nSPS) is 14.0. The minimum Gasteiger partial charge on any atom is -0.496 e. The smallest absolute Gasteiger partial charge is 0.280 e. The molecule has 1 aromatic carbocycles. The van der Waals surface area contributed by atoms with E-state index in [2.05, 4.69) is 25.3 Å². The third-order valence-corrected chi connectivity index (χ3v) is 4.94. The summed E-state index contributed by atoms with van der Waals surface area (Å²) in [5.74, 6) is 1.09. The van der Waals surface area contributed by atoms with E-state index in [9.17, 15) is 4.79 Å². The Kier molecular flexibility index (Phi) is 4.41. The Balaban J connectivity index is 1.61. The van der Waals surface area contributed by atoms with Crippen molar-refractivity contribution in [3.8, 4) is 17.0 Å². The SMILES string of the molecule is COc1ccccc1-c1cc(N(C)C(=O)c2n[nH]c3c2CN(C)CC3)n[nH]1. The predicted molar refractivity (Wildman–Crippen MR) is 102 cm³/mol. The van der Waals surface area contributed by atoms with Crippen molar-refractivity contribution in [3.63, 3.8) is 0 Å². The molecule has 1 aliphatic heterocycles. The molecule has 2 aromatic heterocycles. The Hall–Kier alpha value is -3.13. The third-order valence-electron chi connectivity index (χ3n) is 4.94. The van der Waals surface area contributed by atoms with Gasteiger partial charge in [0, 0.05) is 49.4 Å². The largest absolute Gasteiger partial charge is 0.496 e.